The minimum Gasteiger partial charge on any atom is -0.352 e. The molecule has 98 valence electrons. The number of alkyl halides is 1. The van der Waals surface area contributed by atoms with E-state index >= 15 is 0 Å². The molecule has 4 heteroatoms. The molecule has 1 aliphatic carbocycles. The van der Waals surface area contributed by atoms with Gasteiger partial charge in [-0.3, -0.25) is 9.78 Å². The molecule has 0 radical (unpaired) electrons. The van der Waals surface area contributed by atoms with Gasteiger partial charge in [-0.25, -0.2) is 0 Å². The fraction of sp³-hybridized carbons (Fsp3) is 0.571. The van der Waals surface area contributed by atoms with Crippen molar-refractivity contribution in [2.45, 2.75) is 26.2 Å². The van der Waals surface area contributed by atoms with Crippen LogP contribution in [0.1, 0.15) is 35.2 Å². The van der Waals surface area contributed by atoms with E-state index in [-0.39, 0.29) is 5.91 Å². The van der Waals surface area contributed by atoms with Crippen LogP contribution in [0.25, 0.3) is 0 Å². The highest BCUT2D eigenvalue weighted by molar-refractivity contribution is 9.09. The number of nitrogens with zero attached hydrogens (tertiary/aromatic N) is 1. The summed E-state index contributed by atoms with van der Waals surface area (Å²) < 4.78 is 0. The SMILES string of the molecule is Cc1cncc(C(=O)NCC2CCCC2CBr)c1. The van der Waals surface area contributed by atoms with Crippen molar-refractivity contribution < 1.29 is 4.79 Å². The van der Waals surface area contributed by atoms with E-state index in [9.17, 15) is 4.79 Å². The van der Waals surface area contributed by atoms with Crippen LogP contribution >= 0.6 is 15.9 Å². The number of aromatic nitrogens is 1. The first-order valence-corrected chi connectivity index (χ1v) is 7.58. The number of aryl methyl sites for hydroxylation is 1. The number of halogens is 1. The van der Waals surface area contributed by atoms with Gasteiger partial charge in [-0.1, -0.05) is 22.4 Å². The van der Waals surface area contributed by atoms with E-state index in [1.807, 2.05) is 13.0 Å². The van der Waals surface area contributed by atoms with Crippen molar-refractivity contribution in [3.63, 3.8) is 0 Å². The molecule has 0 aliphatic heterocycles. The van der Waals surface area contributed by atoms with Crippen LogP contribution in [0.2, 0.25) is 0 Å². The molecule has 1 aromatic rings. The van der Waals surface area contributed by atoms with Gasteiger partial charge in [-0.15, -0.1) is 0 Å². The molecule has 18 heavy (non-hydrogen) atoms. The monoisotopic (exact) mass is 310 g/mol. The molecule has 0 aromatic carbocycles. The molecule has 1 N–H and O–H groups in total. The quantitative estimate of drug-likeness (QED) is 0.869. The lowest BCUT2D eigenvalue weighted by atomic mass is 9.98. The number of carbonyl (C=O) groups is 1. The first-order valence-electron chi connectivity index (χ1n) is 6.46. The number of rotatable bonds is 4. The Morgan fingerprint density at radius 2 is 2.22 bits per heavy atom. The summed E-state index contributed by atoms with van der Waals surface area (Å²) in [5, 5.41) is 4.07. The summed E-state index contributed by atoms with van der Waals surface area (Å²) in [5.74, 6) is 1.32. The molecule has 2 unspecified atom stereocenters. The topological polar surface area (TPSA) is 42.0 Å². The molecular formula is C14H19BrN2O. The average Bonchev–Trinajstić information content (AvgIpc) is 2.83. The lowest BCUT2D eigenvalue weighted by Crippen LogP contribution is -2.31. The van der Waals surface area contributed by atoms with Crippen molar-refractivity contribution in [3.8, 4) is 0 Å². The predicted octanol–water partition coefficient (Wildman–Crippen LogP) is 2.93. The lowest BCUT2D eigenvalue weighted by molar-refractivity contribution is 0.0944. The Kier molecular flexibility index (Phi) is 4.75. The van der Waals surface area contributed by atoms with Crippen molar-refractivity contribution in [3.05, 3.63) is 29.6 Å². The Bertz CT molecular complexity index is 422. The van der Waals surface area contributed by atoms with E-state index in [2.05, 4.69) is 26.2 Å². The molecule has 2 atom stereocenters. The Balaban J connectivity index is 1.88. The maximum Gasteiger partial charge on any atom is 0.252 e. The number of amides is 1. The van der Waals surface area contributed by atoms with E-state index in [4.69, 9.17) is 0 Å². The Morgan fingerprint density at radius 3 is 2.94 bits per heavy atom. The molecule has 1 heterocycles. The molecule has 1 fully saturated rings. The van der Waals surface area contributed by atoms with Gasteiger partial charge in [0.25, 0.3) is 5.91 Å². The van der Waals surface area contributed by atoms with E-state index in [0.29, 0.717) is 17.4 Å². The highest BCUT2D eigenvalue weighted by Crippen LogP contribution is 2.32. The summed E-state index contributed by atoms with van der Waals surface area (Å²) in [7, 11) is 0. The van der Waals surface area contributed by atoms with Gasteiger partial charge >= 0.3 is 0 Å². The number of hydrogen-bond donors (Lipinski definition) is 1. The Hall–Kier alpha value is -0.900. The van der Waals surface area contributed by atoms with Gasteiger partial charge in [0.15, 0.2) is 0 Å². The first kappa shape index (κ1) is 13.5. The molecule has 1 aromatic heterocycles. The minimum atomic E-state index is -0.00794. The van der Waals surface area contributed by atoms with E-state index in [1.54, 1.807) is 12.4 Å². The highest BCUT2D eigenvalue weighted by atomic mass is 79.9. The van der Waals surface area contributed by atoms with E-state index < -0.39 is 0 Å². The summed E-state index contributed by atoms with van der Waals surface area (Å²) in [6.45, 7) is 2.73. The summed E-state index contributed by atoms with van der Waals surface area (Å²) in [6, 6.07) is 1.87. The van der Waals surface area contributed by atoms with Crippen molar-refractivity contribution in [1.82, 2.24) is 10.3 Å². The van der Waals surface area contributed by atoms with Crippen molar-refractivity contribution in [1.29, 1.82) is 0 Å². The fourth-order valence-corrected chi connectivity index (χ4v) is 3.44. The van der Waals surface area contributed by atoms with Crippen molar-refractivity contribution >= 4 is 21.8 Å². The van der Waals surface area contributed by atoms with Gasteiger partial charge in [-0.2, -0.15) is 0 Å². The fourth-order valence-electron chi connectivity index (χ4n) is 2.59. The Labute approximate surface area is 117 Å². The Morgan fingerprint density at radius 1 is 1.44 bits per heavy atom. The summed E-state index contributed by atoms with van der Waals surface area (Å²) in [6.07, 6.45) is 7.16. The standard InChI is InChI=1S/C14H19BrN2O/c1-10-5-13(8-16-7-10)14(18)17-9-12-4-2-3-11(12)6-15/h5,7-8,11-12H,2-4,6,9H2,1H3,(H,17,18). The van der Waals surface area contributed by atoms with E-state index in [1.165, 1.54) is 19.3 Å². The maximum atomic E-state index is 12.0. The molecule has 1 saturated carbocycles. The maximum absolute atomic E-state index is 12.0. The zero-order valence-electron chi connectivity index (χ0n) is 10.7. The lowest BCUT2D eigenvalue weighted by Gasteiger charge is -2.17. The van der Waals surface area contributed by atoms with E-state index in [0.717, 1.165) is 17.4 Å². The summed E-state index contributed by atoms with van der Waals surface area (Å²) >= 11 is 3.56. The highest BCUT2D eigenvalue weighted by Gasteiger charge is 2.26. The normalized spacial score (nSPS) is 23.0. The zero-order valence-corrected chi connectivity index (χ0v) is 12.2. The molecule has 1 aliphatic rings. The third-order valence-corrected chi connectivity index (χ3v) is 4.51. The summed E-state index contributed by atoms with van der Waals surface area (Å²) in [4.78, 5) is 16.0. The molecule has 0 bridgehead atoms. The largest absolute Gasteiger partial charge is 0.352 e. The zero-order chi connectivity index (χ0) is 13.0. The van der Waals surface area contributed by atoms with Gasteiger partial charge in [0, 0.05) is 24.3 Å². The molecule has 0 saturated heterocycles. The van der Waals surface area contributed by atoms with Crippen LogP contribution in [0.15, 0.2) is 18.5 Å². The van der Waals surface area contributed by atoms with Crippen LogP contribution in [0.5, 0.6) is 0 Å². The van der Waals surface area contributed by atoms with Crippen LogP contribution in [-0.2, 0) is 0 Å². The van der Waals surface area contributed by atoms with Crippen LogP contribution in [0.3, 0.4) is 0 Å². The van der Waals surface area contributed by atoms with Crippen LogP contribution in [-0.4, -0.2) is 22.8 Å². The molecule has 0 spiro atoms. The molecule has 1 amide bonds. The number of nitrogens with one attached hydrogen (secondary N) is 1. The second kappa shape index (κ2) is 6.32. The van der Waals surface area contributed by atoms with Crippen molar-refractivity contribution in [2.75, 3.05) is 11.9 Å². The van der Waals surface area contributed by atoms with Crippen LogP contribution in [0.4, 0.5) is 0 Å². The van der Waals surface area contributed by atoms with Gasteiger partial charge in [-0.05, 0) is 43.2 Å². The molecule has 3 nitrogen and oxygen atoms in total. The molecular weight excluding hydrogens is 292 g/mol. The number of hydrogen-bond acceptors (Lipinski definition) is 2. The second-order valence-electron chi connectivity index (χ2n) is 5.07. The van der Waals surface area contributed by atoms with Crippen LogP contribution < -0.4 is 5.32 Å². The molecule has 2 rings (SSSR count). The predicted molar refractivity (Wildman–Crippen MR) is 75.9 cm³/mol. The smallest absolute Gasteiger partial charge is 0.252 e. The van der Waals surface area contributed by atoms with Gasteiger partial charge in [0.2, 0.25) is 0 Å². The third kappa shape index (κ3) is 3.31. The second-order valence-corrected chi connectivity index (χ2v) is 5.71. The minimum absolute atomic E-state index is 0.00794. The van der Waals surface area contributed by atoms with Gasteiger partial charge in [0.05, 0.1) is 5.56 Å². The number of pyridine rings is 1. The average molecular weight is 311 g/mol. The van der Waals surface area contributed by atoms with Crippen molar-refractivity contribution in [2.24, 2.45) is 11.8 Å². The van der Waals surface area contributed by atoms with Gasteiger partial charge in [0.1, 0.15) is 0 Å². The third-order valence-electron chi connectivity index (χ3n) is 3.68. The summed E-state index contributed by atoms with van der Waals surface area (Å²) in [5.41, 5.74) is 1.67. The van der Waals surface area contributed by atoms with Gasteiger partial charge < -0.3 is 5.32 Å². The first-order chi connectivity index (χ1) is 8.70. The number of carbonyl (C=O) groups excluding carboxylic acids is 1. The van der Waals surface area contributed by atoms with Crippen LogP contribution in [0, 0.1) is 18.8 Å².